The summed E-state index contributed by atoms with van der Waals surface area (Å²) in [5.41, 5.74) is 1.75. The first-order chi connectivity index (χ1) is 13.2. The Morgan fingerprint density at radius 1 is 1.21 bits per heavy atom. The van der Waals surface area contributed by atoms with Crippen molar-refractivity contribution >= 4 is 35.0 Å². The Morgan fingerprint density at radius 2 is 2.11 bits per heavy atom. The van der Waals surface area contributed by atoms with Crippen LogP contribution >= 0.6 is 12.4 Å². The van der Waals surface area contributed by atoms with E-state index in [0.29, 0.717) is 23.0 Å². The Bertz CT molecular complexity index is 1170. The number of nitrogens with one attached hydrogen (secondary N) is 1. The van der Waals surface area contributed by atoms with Gasteiger partial charge in [0.2, 0.25) is 5.71 Å². The molecule has 0 amide bonds. The second-order valence-electron chi connectivity index (χ2n) is 6.90. The SMILES string of the molecule is C[C@H]1CN(c2ccc3cc(-c4cn5ccccc5n4)c(=O)oc3n2)CCN1.Cl. The van der Waals surface area contributed by atoms with Gasteiger partial charge in [-0.1, -0.05) is 6.07 Å². The van der Waals surface area contributed by atoms with Crippen LogP contribution in [0.25, 0.3) is 28.0 Å². The summed E-state index contributed by atoms with van der Waals surface area (Å²) in [4.78, 5) is 23.9. The van der Waals surface area contributed by atoms with Gasteiger partial charge in [0.05, 0.1) is 11.3 Å². The summed E-state index contributed by atoms with van der Waals surface area (Å²) < 4.78 is 7.42. The molecule has 0 saturated carbocycles. The summed E-state index contributed by atoms with van der Waals surface area (Å²) in [7, 11) is 0. The van der Waals surface area contributed by atoms with Gasteiger partial charge in [0.25, 0.3) is 0 Å². The molecule has 4 aromatic rings. The van der Waals surface area contributed by atoms with E-state index in [2.05, 4.69) is 27.1 Å². The van der Waals surface area contributed by atoms with Gasteiger partial charge in [-0.3, -0.25) is 0 Å². The van der Waals surface area contributed by atoms with Crippen molar-refractivity contribution in [3.63, 3.8) is 0 Å². The van der Waals surface area contributed by atoms with Crippen molar-refractivity contribution in [1.29, 1.82) is 0 Å². The molecule has 0 aromatic carbocycles. The minimum absolute atomic E-state index is 0. The van der Waals surface area contributed by atoms with E-state index in [1.807, 2.05) is 47.1 Å². The lowest BCUT2D eigenvalue weighted by atomic mass is 10.2. The third-order valence-corrected chi connectivity index (χ3v) is 4.92. The molecule has 144 valence electrons. The maximum Gasteiger partial charge on any atom is 0.347 e. The number of piperazine rings is 1. The van der Waals surface area contributed by atoms with Crippen molar-refractivity contribution in [1.82, 2.24) is 19.7 Å². The molecule has 0 aliphatic carbocycles. The Labute approximate surface area is 167 Å². The molecule has 8 heteroatoms. The van der Waals surface area contributed by atoms with E-state index in [0.717, 1.165) is 36.5 Å². The van der Waals surface area contributed by atoms with Crippen LogP contribution in [0.2, 0.25) is 0 Å². The number of hydrogen-bond acceptors (Lipinski definition) is 6. The van der Waals surface area contributed by atoms with Crippen LogP contribution in [-0.4, -0.2) is 40.0 Å². The molecular formula is C20H20ClN5O2. The largest absolute Gasteiger partial charge is 0.403 e. The molecule has 5 heterocycles. The van der Waals surface area contributed by atoms with Gasteiger partial charge in [-0.25, -0.2) is 9.78 Å². The minimum Gasteiger partial charge on any atom is -0.403 e. The predicted octanol–water partition coefficient (Wildman–Crippen LogP) is 2.72. The van der Waals surface area contributed by atoms with Crippen LogP contribution in [0, 0.1) is 0 Å². The Morgan fingerprint density at radius 3 is 2.93 bits per heavy atom. The third-order valence-electron chi connectivity index (χ3n) is 4.92. The highest BCUT2D eigenvalue weighted by molar-refractivity contribution is 5.85. The van der Waals surface area contributed by atoms with Crippen molar-refractivity contribution in [2.45, 2.75) is 13.0 Å². The number of halogens is 1. The van der Waals surface area contributed by atoms with Gasteiger partial charge in [-0.2, -0.15) is 4.98 Å². The van der Waals surface area contributed by atoms with Gasteiger partial charge in [0.15, 0.2) is 0 Å². The molecule has 1 fully saturated rings. The first kappa shape index (κ1) is 18.5. The molecule has 4 aromatic heterocycles. The van der Waals surface area contributed by atoms with Crippen molar-refractivity contribution in [2.75, 3.05) is 24.5 Å². The van der Waals surface area contributed by atoms with Gasteiger partial charge in [0, 0.05) is 43.5 Å². The minimum atomic E-state index is -0.427. The molecule has 7 nitrogen and oxygen atoms in total. The van der Waals surface area contributed by atoms with E-state index >= 15 is 0 Å². The predicted molar refractivity (Wildman–Crippen MR) is 111 cm³/mol. The van der Waals surface area contributed by atoms with Gasteiger partial charge in [0.1, 0.15) is 11.5 Å². The van der Waals surface area contributed by atoms with Gasteiger partial charge >= 0.3 is 5.63 Å². The first-order valence-corrected chi connectivity index (χ1v) is 9.05. The lowest BCUT2D eigenvalue weighted by molar-refractivity contribution is 0.481. The van der Waals surface area contributed by atoms with Crippen LogP contribution in [0.1, 0.15) is 6.92 Å². The molecule has 1 atom stereocenters. The highest BCUT2D eigenvalue weighted by Crippen LogP contribution is 2.23. The molecule has 1 N–H and O–H groups in total. The second kappa shape index (κ2) is 7.26. The summed E-state index contributed by atoms with van der Waals surface area (Å²) in [6.45, 7) is 4.82. The van der Waals surface area contributed by atoms with Crippen LogP contribution in [0.4, 0.5) is 5.82 Å². The van der Waals surface area contributed by atoms with Crippen molar-refractivity contribution in [2.24, 2.45) is 0 Å². The zero-order valence-corrected chi connectivity index (χ0v) is 16.1. The van der Waals surface area contributed by atoms with Crippen LogP contribution in [0.5, 0.6) is 0 Å². The quantitative estimate of drug-likeness (QED) is 0.560. The topological polar surface area (TPSA) is 75.7 Å². The van der Waals surface area contributed by atoms with Crippen LogP contribution in [0.15, 0.2) is 58.0 Å². The second-order valence-corrected chi connectivity index (χ2v) is 6.90. The Hall–Kier alpha value is -2.90. The Balaban J connectivity index is 0.00000192. The fourth-order valence-electron chi connectivity index (χ4n) is 3.55. The zero-order chi connectivity index (χ0) is 18.4. The molecule has 0 spiro atoms. The molecule has 5 rings (SSSR count). The van der Waals surface area contributed by atoms with Crippen LogP contribution in [-0.2, 0) is 0 Å². The van der Waals surface area contributed by atoms with E-state index in [1.165, 1.54) is 0 Å². The van der Waals surface area contributed by atoms with E-state index in [9.17, 15) is 4.79 Å². The van der Waals surface area contributed by atoms with E-state index in [1.54, 1.807) is 6.07 Å². The molecule has 28 heavy (non-hydrogen) atoms. The number of fused-ring (bicyclic) bond motifs is 2. The average molecular weight is 398 g/mol. The fourth-order valence-corrected chi connectivity index (χ4v) is 3.55. The van der Waals surface area contributed by atoms with Gasteiger partial charge < -0.3 is 19.0 Å². The summed E-state index contributed by atoms with van der Waals surface area (Å²) in [5.74, 6) is 0.833. The lowest BCUT2D eigenvalue weighted by Gasteiger charge is -2.32. The molecular weight excluding hydrogens is 378 g/mol. The molecule has 0 bridgehead atoms. The molecule has 1 aliphatic rings. The van der Waals surface area contributed by atoms with Crippen molar-refractivity contribution in [3.8, 4) is 11.3 Å². The Kier molecular flexibility index (Phi) is 4.78. The fraction of sp³-hybridized carbons (Fsp3) is 0.250. The number of anilines is 1. The smallest absolute Gasteiger partial charge is 0.347 e. The summed E-state index contributed by atoms with van der Waals surface area (Å²) in [6, 6.07) is 11.9. The average Bonchev–Trinajstić information content (AvgIpc) is 3.11. The summed E-state index contributed by atoms with van der Waals surface area (Å²) >= 11 is 0. The number of imidazole rings is 1. The van der Waals surface area contributed by atoms with E-state index < -0.39 is 5.63 Å². The summed E-state index contributed by atoms with van der Waals surface area (Å²) in [6.07, 6.45) is 3.73. The third kappa shape index (κ3) is 3.23. The number of rotatable bonds is 2. The maximum absolute atomic E-state index is 12.6. The number of nitrogens with zero attached hydrogens (tertiary/aromatic N) is 4. The molecule has 0 radical (unpaired) electrons. The monoisotopic (exact) mass is 397 g/mol. The van der Waals surface area contributed by atoms with Gasteiger partial charge in [-0.15, -0.1) is 12.4 Å². The maximum atomic E-state index is 12.6. The lowest BCUT2D eigenvalue weighted by Crippen LogP contribution is -2.49. The number of pyridine rings is 2. The first-order valence-electron chi connectivity index (χ1n) is 9.05. The van der Waals surface area contributed by atoms with Crippen LogP contribution < -0.4 is 15.8 Å². The normalized spacial score (nSPS) is 17.0. The van der Waals surface area contributed by atoms with Crippen LogP contribution in [0.3, 0.4) is 0 Å². The van der Waals surface area contributed by atoms with E-state index in [-0.39, 0.29) is 12.4 Å². The molecule has 0 unspecified atom stereocenters. The summed E-state index contributed by atoms with van der Waals surface area (Å²) in [5, 5.41) is 4.20. The molecule has 1 saturated heterocycles. The van der Waals surface area contributed by atoms with E-state index in [4.69, 9.17) is 4.42 Å². The molecule has 1 aliphatic heterocycles. The number of hydrogen-bond donors (Lipinski definition) is 1. The zero-order valence-electron chi connectivity index (χ0n) is 15.3. The standard InChI is InChI=1S/C20H19N5O2.ClH/c1-13-11-25(9-7-21-13)18-6-5-14-10-15(20(26)27-19(14)23-18)16-12-24-8-3-2-4-17(24)22-16;/h2-6,8,10,12-13,21H,7,9,11H2,1H3;1H/t13-;/m0./s1. The van der Waals surface area contributed by atoms with Gasteiger partial charge in [-0.05, 0) is 37.3 Å². The van der Waals surface area contributed by atoms with Crippen molar-refractivity contribution < 1.29 is 4.42 Å². The highest BCUT2D eigenvalue weighted by atomic mass is 35.5. The van der Waals surface area contributed by atoms with Crippen molar-refractivity contribution in [3.05, 3.63) is 59.2 Å². The number of aromatic nitrogens is 3. The highest BCUT2D eigenvalue weighted by Gasteiger charge is 2.18.